The zero-order valence-corrected chi connectivity index (χ0v) is 21.9. The second-order valence-electron chi connectivity index (χ2n) is 7.92. The Bertz CT molecular complexity index is 972. The molecule has 2 N–H and O–H groups in total. The lowest BCUT2D eigenvalue weighted by molar-refractivity contribution is -0.0375. The molecule has 0 heterocycles. The van der Waals surface area contributed by atoms with Gasteiger partial charge in [0.1, 0.15) is 5.60 Å². The van der Waals surface area contributed by atoms with Gasteiger partial charge >= 0.3 is 0 Å². The molecule has 0 unspecified atom stereocenters. The largest absolute Gasteiger partial charge is 0.394 e. The van der Waals surface area contributed by atoms with E-state index < -0.39 is 15.7 Å². The van der Waals surface area contributed by atoms with Crippen LogP contribution in [0.3, 0.4) is 0 Å². The number of hydrogen-bond donors (Lipinski definition) is 2. The van der Waals surface area contributed by atoms with Crippen molar-refractivity contribution >= 4 is 10.1 Å². The van der Waals surface area contributed by atoms with Crippen LogP contribution in [-0.4, -0.2) is 77.2 Å². The van der Waals surface area contributed by atoms with E-state index in [1.165, 1.54) is 0 Å². The molecule has 202 valence electrons. The highest BCUT2D eigenvalue weighted by molar-refractivity contribution is 7.85. The molecule has 3 rings (SSSR count). The fourth-order valence-electron chi connectivity index (χ4n) is 3.63. The summed E-state index contributed by atoms with van der Waals surface area (Å²) in [7, 11) is -3.67. The number of aliphatic hydroxyl groups is 1. The Morgan fingerprint density at radius 2 is 0.892 bits per heavy atom. The molecule has 0 amide bonds. The molecule has 0 saturated carbocycles. The first-order chi connectivity index (χ1) is 17.9. The fourth-order valence-corrected chi connectivity index (χ4v) is 3.63. The van der Waals surface area contributed by atoms with Crippen molar-refractivity contribution in [3.63, 3.8) is 0 Å². The van der Waals surface area contributed by atoms with E-state index in [1.807, 2.05) is 54.6 Å². The van der Waals surface area contributed by atoms with Gasteiger partial charge in [-0.15, -0.1) is 0 Å². The number of ether oxygens (including phenoxy) is 4. The molecule has 0 aromatic heterocycles. The van der Waals surface area contributed by atoms with E-state index in [4.69, 9.17) is 28.6 Å². The van der Waals surface area contributed by atoms with Crippen molar-refractivity contribution in [3.05, 3.63) is 108 Å². The average molecular weight is 533 g/mol. The van der Waals surface area contributed by atoms with Crippen molar-refractivity contribution in [2.45, 2.75) is 5.60 Å². The predicted octanol–water partition coefficient (Wildman–Crippen LogP) is 3.54. The third kappa shape index (κ3) is 11.5. The number of rotatable bonds is 15. The number of benzene rings is 3. The highest BCUT2D eigenvalue weighted by Gasteiger charge is 2.37. The van der Waals surface area contributed by atoms with Crippen LogP contribution in [0.5, 0.6) is 0 Å². The highest BCUT2D eigenvalue weighted by Crippen LogP contribution is 2.40. The molecule has 9 heteroatoms. The van der Waals surface area contributed by atoms with Crippen LogP contribution in [0.15, 0.2) is 91.0 Å². The van der Waals surface area contributed by atoms with E-state index in [0.717, 1.165) is 16.7 Å². The minimum absolute atomic E-state index is 0.0273. The first-order valence-corrected chi connectivity index (χ1v) is 13.8. The van der Waals surface area contributed by atoms with Crippen LogP contribution in [0.4, 0.5) is 0 Å². The topological polar surface area (TPSA) is 112 Å². The van der Waals surface area contributed by atoms with Gasteiger partial charge in [0.25, 0.3) is 10.1 Å². The molecular formula is C28H36O8S. The van der Waals surface area contributed by atoms with Gasteiger partial charge < -0.3 is 24.1 Å². The lowest BCUT2D eigenvalue weighted by atomic mass is 9.80. The molecule has 0 atom stereocenters. The van der Waals surface area contributed by atoms with Crippen LogP contribution >= 0.6 is 0 Å². The number of aliphatic hydroxyl groups excluding tert-OH is 1. The van der Waals surface area contributed by atoms with Crippen LogP contribution in [-0.2, 0) is 34.7 Å². The first-order valence-electron chi connectivity index (χ1n) is 11.9. The first kappa shape index (κ1) is 30.6. The summed E-state index contributed by atoms with van der Waals surface area (Å²) in [4.78, 5) is 0. The zero-order chi connectivity index (χ0) is 26.8. The second-order valence-corrected chi connectivity index (χ2v) is 9.39. The van der Waals surface area contributed by atoms with Crippen molar-refractivity contribution in [3.8, 4) is 0 Å². The minimum Gasteiger partial charge on any atom is -0.394 e. The fraction of sp³-hybridized carbons (Fsp3) is 0.357. The predicted molar refractivity (Wildman–Crippen MR) is 142 cm³/mol. The molecule has 3 aromatic carbocycles. The van der Waals surface area contributed by atoms with Gasteiger partial charge in [-0.25, -0.2) is 0 Å². The van der Waals surface area contributed by atoms with Crippen molar-refractivity contribution in [1.82, 2.24) is 0 Å². The van der Waals surface area contributed by atoms with Gasteiger partial charge in [0, 0.05) is 0 Å². The second kappa shape index (κ2) is 17.0. The van der Waals surface area contributed by atoms with E-state index in [1.54, 1.807) is 0 Å². The number of hydrogen-bond acceptors (Lipinski definition) is 7. The Labute approximate surface area is 219 Å². The lowest BCUT2D eigenvalue weighted by Crippen LogP contribution is -2.34. The van der Waals surface area contributed by atoms with Crippen molar-refractivity contribution in [2.24, 2.45) is 0 Å². The van der Waals surface area contributed by atoms with Gasteiger partial charge in [-0.05, 0) is 16.7 Å². The summed E-state index contributed by atoms with van der Waals surface area (Å²) in [6.07, 6.45) is 0.715. The smallest absolute Gasteiger partial charge is 0.261 e. The van der Waals surface area contributed by atoms with Gasteiger partial charge in [0.05, 0.1) is 59.1 Å². The molecule has 3 aromatic rings. The molecular weight excluding hydrogens is 496 g/mol. The third-order valence-corrected chi connectivity index (χ3v) is 5.07. The Morgan fingerprint density at radius 3 is 1.22 bits per heavy atom. The third-order valence-electron chi connectivity index (χ3n) is 5.07. The summed E-state index contributed by atoms with van der Waals surface area (Å²) in [5.41, 5.74) is 2.49. The monoisotopic (exact) mass is 532 g/mol. The van der Waals surface area contributed by atoms with Gasteiger partial charge in [0.15, 0.2) is 0 Å². The van der Waals surface area contributed by atoms with Gasteiger partial charge in [-0.2, -0.15) is 8.42 Å². The van der Waals surface area contributed by atoms with Gasteiger partial charge in [-0.1, -0.05) is 91.0 Å². The summed E-state index contributed by atoms with van der Waals surface area (Å²) in [6, 6.07) is 30.9. The summed E-state index contributed by atoms with van der Waals surface area (Å²) < 4.78 is 48.9. The molecule has 0 spiro atoms. The van der Waals surface area contributed by atoms with E-state index in [0.29, 0.717) is 52.5 Å². The normalized spacial score (nSPS) is 11.5. The molecule has 0 radical (unpaired) electrons. The van der Waals surface area contributed by atoms with Gasteiger partial charge in [-0.3, -0.25) is 4.55 Å². The van der Waals surface area contributed by atoms with Crippen LogP contribution in [0.2, 0.25) is 0 Å². The Morgan fingerprint density at radius 1 is 0.595 bits per heavy atom. The summed E-state index contributed by atoms with van der Waals surface area (Å²) in [6.45, 7) is 3.18. The summed E-state index contributed by atoms with van der Waals surface area (Å²) >= 11 is 0. The van der Waals surface area contributed by atoms with E-state index in [-0.39, 0.29) is 6.61 Å². The van der Waals surface area contributed by atoms with Crippen LogP contribution in [0.1, 0.15) is 16.7 Å². The minimum atomic E-state index is -3.67. The SMILES string of the molecule is CS(=O)(=O)O.OCCOCCOCCOCCOC(c1ccccc1)(c1ccccc1)c1ccccc1. The van der Waals surface area contributed by atoms with E-state index in [9.17, 15) is 8.42 Å². The Hall–Kier alpha value is -2.63. The molecule has 0 fully saturated rings. The quantitative estimate of drug-likeness (QED) is 0.174. The highest BCUT2D eigenvalue weighted by atomic mass is 32.2. The molecule has 0 aliphatic heterocycles. The molecule has 37 heavy (non-hydrogen) atoms. The van der Waals surface area contributed by atoms with E-state index >= 15 is 0 Å². The maximum Gasteiger partial charge on any atom is 0.261 e. The van der Waals surface area contributed by atoms with E-state index in [2.05, 4.69) is 36.4 Å². The Balaban J connectivity index is 0.000000877. The summed E-state index contributed by atoms with van der Waals surface area (Å²) in [5, 5.41) is 8.67. The van der Waals surface area contributed by atoms with Crippen LogP contribution in [0.25, 0.3) is 0 Å². The van der Waals surface area contributed by atoms with Gasteiger partial charge in [0.2, 0.25) is 0 Å². The standard InChI is InChI=1S/C27H32O5.CH4O3S/c28-16-17-29-18-19-30-20-21-31-22-23-32-27(24-10-4-1-5-11-24,25-12-6-2-7-13-25)26-14-8-3-9-15-26;1-5(2,3)4/h1-15,28H,16-23H2;1H3,(H,2,3,4). The molecule has 0 saturated heterocycles. The average Bonchev–Trinajstić information content (AvgIpc) is 2.90. The molecule has 0 bridgehead atoms. The van der Waals surface area contributed by atoms with Crippen LogP contribution < -0.4 is 0 Å². The maximum absolute atomic E-state index is 9.19. The summed E-state index contributed by atoms with van der Waals surface area (Å²) in [5.74, 6) is 0. The van der Waals surface area contributed by atoms with Crippen molar-refractivity contribution < 1.29 is 37.0 Å². The molecule has 0 aliphatic rings. The molecule has 0 aliphatic carbocycles. The zero-order valence-electron chi connectivity index (χ0n) is 21.1. The van der Waals surface area contributed by atoms with Crippen molar-refractivity contribution in [1.29, 1.82) is 0 Å². The molecule has 8 nitrogen and oxygen atoms in total. The maximum atomic E-state index is 9.19. The van der Waals surface area contributed by atoms with Crippen LogP contribution in [0, 0.1) is 0 Å². The van der Waals surface area contributed by atoms with Crippen molar-refractivity contribution in [2.75, 3.05) is 59.1 Å². The Kier molecular flexibility index (Phi) is 14.0. The lowest BCUT2D eigenvalue weighted by Gasteiger charge is -2.36.